The number of rotatable bonds is 4. The van der Waals surface area contributed by atoms with Crippen LogP contribution in [0.4, 0.5) is 5.13 Å². The number of thiazole rings is 1. The number of aliphatic hydroxyl groups is 1. The number of carbonyl (C=O) groups excluding carboxylic acids is 1. The van der Waals surface area contributed by atoms with Crippen molar-refractivity contribution in [3.8, 4) is 0 Å². The summed E-state index contributed by atoms with van der Waals surface area (Å²) in [6, 6.07) is 17.9. The Labute approximate surface area is 138 Å². The maximum Gasteiger partial charge on any atom is 0.269 e. The van der Waals surface area contributed by atoms with Gasteiger partial charge in [0.15, 0.2) is 10.7 Å². The second-order valence-corrected chi connectivity index (χ2v) is 5.99. The third-order valence-corrected chi connectivity index (χ3v) is 4.55. The SMILES string of the molecule is CN(C(=O)C(O)(c1ccccc1)c1ccccc1)c1nccs1. The Morgan fingerprint density at radius 3 is 2.00 bits per heavy atom. The molecule has 5 heteroatoms. The standard InChI is InChI=1S/C18H16N2O2S/c1-20(17-19-12-13-23-17)16(21)18(22,14-8-4-2-5-9-14)15-10-6-3-7-11-15/h2-13,22H,1H3. The molecular formula is C18H16N2O2S. The highest BCUT2D eigenvalue weighted by Gasteiger charge is 2.42. The predicted octanol–water partition coefficient (Wildman–Crippen LogP) is 3.04. The summed E-state index contributed by atoms with van der Waals surface area (Å²) in [5.74, 6) is -0.440. The molecule has 0 saturated heterocycles. The van der Waals surface area contributed by atoms with E-state index in [-0.39, 0.29) is 0 Å². The summed E-state index contributed by atoms with van der Waals surface area (Å²) in [5, 5.41) is 13.7. The zero-order valence-corrected chi connectivity index (χ0v) is 13.4. The van der Waals surface area contributed by atoms with Gasteiger partial charge in [0.05, 0.1) is 0 Å². The lowest BCUT2D eigenvalue weighted by molar-refractivity contribution is -0.133. The Balaban J connectivity index is 2.11. The van der Waals surface area contributed by atoms with Gasteiger partial charge in [-0.1, -0.05) is 60.7 Å². The molecule has 0 radical (unpaired) electrons. The molecule has 0 atom stereocenters. The van der Waals surface area contributed by atoms with Crippen molar-refractivity contribution in [3.63, 3.8) is 0 Å². The Morgan fingerprint density at radius 1 is 1.04 bits per heavy atom. The summed E-state index contributed by atoms with van der Waals surface area (Å²) in [7, 11) is 1.62. The van der Waals surface area contributed by atoms with Crippen LogP contribution in [0.1, 0.15) is 11.1 Å². The van der Waals surface area contributed by atoms with E-state index in [4.69, 9.17) is 0 Å². The normalized spacial score (nSPS) is 11.2. The molecule has 2 aromatic carbocycles. The third kappa shape index (κ3) is 2.76. The van der Waals surface area contributed by atoms with E-state index in [1.807, 2.05) is 12.1 Å². The number of hydrogen-bond donors (Lipinski definition) is 1. The van der Waals surface area contributed by atoms with Crippen molar-refractivity contribution in [2.45, 2.75) is 5.60 Å². The lowest BCUT2D eigenvalue weighted by atomic mass is 9.85. The van der Waals surface area contributed by atoms with E-state index in [2.05, 4.69) is 4.98 Å². The number of hydrogen-bond acceptors (Lipinski definition) is 4. The lowest BCUT2D eigenvalue weighted by Gasteiger charge is -2.31. The Kier molecular flexibility index (Phi) is 4.23. The van der Waals surface area contributed by atoms with E-state index in [1.54, 1.807) is 67.2 Å². The van der Waals surface area contributed by atoms with Crippen molar-refractivity contribution in [1.29, 1.82) is 0 Å². The molecule has 23 heavy (non-hydrogen) atoms. The smallest absolute Gasteiger partial charge is 0.269 e. The number of benzene rings is 2. The van der Waals surface area contributed by atoms with Crippen molar-refractivity contribution < 1.29 is 9.90 Å². The van der Waals surface area contributed by atoms with Crippen molar-refractivity contribution in [3.05, 3.63) is 83.4 Å². The summed E-state index contributed by atoms with van der Waals surface area (Å²) < 4.78 is 0. The minimum absolute atomic E-state index is 0.440. The van der Waals surface area contributed by atoms with Crippen molar-refractivity contribution in [1.82, 2.24) is 4.98 Å². The fourth-order valence-electron chi connectivity index (χ4n) is 2.48. The van der Waals surface area contributed by atoms with Gasteiger partial charge in [0.25, 0.3) is 5.91 Å². The van der Waals surface area contributed by atoms with Crippen LogP contribution in [0.15, 0.2) is 72.2 Å². The van der Waals surface area contributed by atoms with E-state index in [0.717, 1.165) is 0 Å². The van der Waals surface area contributed by atoms with E-state index in [0.29, 0.717) is 16.3 Å². The number of anilines is 1. The average molecular weight is 324 g/mol. The summed E-state index contributed by atoms with van der Waals surface area (Å²) in [5.41, 5.74) is -0.706. The number of amides is 1. The van der Waals surface area contributed by atoms with Gasteiger partial charge in [-0.15, -0.1) is 11.3 Å². The van der Waals surface area contributed by atoms with Gasteiger partial charge in [0, 0.05) is 18.6 Å². The minimum atomic E-state index is -1.76. The number of aromatic nitrogens is 1. The molecule has 0 aliphatic heterocycles. The number of carbonyl (C=O) groups is 1. The van der Waals surface area contributed by atoms with Crippen LogP contribution in [0.25, 0.3) is 0 Å². The van der Waals surface area contributed by atoms with E-state index in [9.17, 15) is 9.90 Å². The first-order valence-corrected chi connectivity index (χ1v) is 8.03. The minimum Gasteiger partial charge on any atom is -0.372 e. The number of likely N-dealkylation sites (N-methyl/N-ethyl adjacent to an activating group) is 1. The van der Waals surface area contributed by atoms with Gasteiger partial charge in [0.2, 0.25) is 0 Å². The Hall–Kier alpha value is -2.50. The fourth-order valence-corrected chi connectivity index (χ4v) is 3.09. The first kappa shape index (κ1) is 15.4. The van der Waals surface area contributed by atoms with E-state index >= 15 is 0 Å². The van der Waals surface area contributed by atoms with Gasteiger partial charge in [-0.3, -0.25) is 9.69 Å². The fraction of sp³-hybridized carbons (Fsp3) is 0.111. The maximum absolute atomic E-state index is 13.1. The molecule has 0 unspecified atom stereocenters. The van der Waals surface area contributed by atoms with Crippen LogP contribution in [-0.4, -0.2) is 23.0 Å². The van der Waals surface area contributed by atoms with Gasteiger partial charge >= 0.3 is 0 Å². The van der Waals surface area contributed by atoms with E-state index in [1.165, 1.54) is 16.2 Å². The van der Waals surface area contributed by atoms with Crippen LogP contribution in [0.3, 0.4) is 0 Å². The summed E-state index contributed by atoms with van der Waals surface area (Å²) in [4.78, 5) is 18.7. The van der Waals surface area contributed by atoms with Crippen LogP contribution >= 0.6 is 11.3 Å². The Morgan fingerprint density at radius 2 is 1.57 bits per heavy atom. The molecule has 3 rings (SSSR count). The topological polar surface area (TPSA) is 53.4 Å². The molecule has 4 nitrogen and oxygen atoms in total. The first-order chi connectivity index (χ1) is 11.1. The predicted molar refractivity (Wildman–Crippen MR) is 91.4 cm³/mol. The van der Waals surface area contributed by atoms with Crippen LogP contribution < -0.4 is 4.90 Å². The van der Waals surface area contributed by atoms with Crippen LogP contribution in [0.5, 0.6) is 0 Å². The van der Waals surface area contributed by atoms with Gasteiger partial charge in [-0.05, 0) is 11.1 Å². The largest absolute Gasteiger partial charge is 0.372 e. The highest BCUT2D eigenvalue weighted by molar-refractivity contribution is 7.13. The molecule has 0 saturated carbocycles. The molecule has 1 N–H and O–H groups in total. The van der Waals surface area contributed by atoms with Gasteiger partial charge in [-0.25, -0.2) is 4.98 Å². The lowest BCUT2D eigenvalue weighted by Crippen LogP contribution is -2.46. The molecule has 1 heterocycles. The second kappa shape index (κ2) is 6.32. The van der Waals surface area contributed by atoms with Crippen molar-refractivity contribution >= 4 is 22.4 Å². The van der Waals surface area contributed by atoms with Crippen molar-refractivity contribution in [2.75, 3.05) is 11.9 Å². The molecule has 0 aliphatic rings. The second-order valence-electron chi connectivity index (χ2n) is 5.12. The van der Waals surface area contributed by atoms with Crippen LogP contribution in [0, 0.1) is 0 Å². The summed E-state index contributed by atoms with van der Waals surface area (Å²) in [6.07, 6.45) is 1.63. The monoisotopic (exact) mass is 324 g/mol. The molecule has 3 aromatic rings. The molecule has 0 aliphatic carbocycles. The zero-order chi connectivity index (χ0) is 16.3. The summed E-state index contributed by atoms with van der Waals surface area (Å²) in [6.45, 7) is 0. The molecule has 0 fully saturated rings. The molecule has 116 valence electrons. The zero-order valence-electron chi connectivity index (χ0n) is 12.6. The highest BCUT2D eigenvalue weighted by atomic mass is 32.1. The van der Waals surface area contributed by atoms with Crippen LogP contribution in [-0.2, 0) is 10.4 Å². The van der Waals surface area contributed by atoms with Gasteiger partial charge in [0.1, 0.15) is 0 Å². The molecule has 0 spiro atoms. The number of nitrogens with zero attached hydrogens (tertiary/aromatic N) is 2. The van der Waals surface area contributed by atoms with E-state index < -0.39 is 11.5 Å². The van der Waals surface area contributed by atoms with Crippen molar-refractivity contribution in [2.24, 2.45) is 0 Å². The molecule has 1 aromatic heterocycles. The average Bonchev–Trinajstić information content (AvgIpc) is 3.16. The molecule has 1 amide bonds. The first-order valence-electron chi connectivity index (χ1n) is 7.15. The highest BCUT2D eigenvalue weighted by Crippen LogP contribution is 2.33. The quantitative estimate of drug-likeness (QED) is 0.802. The maximum atomic E-state index is 13.1. The Bertz CT molecular complexity index is 734. The van der Waals surface area contributed by atoms with Gasteiger partial charge < -0.3 is 5.11 Å². The van der Waals surface area contributed by atoms with Gasteiger partial charge in [-0.2, -0.15) is 0 Å². The third-order valence-electron chi connectivity index (χ3n) is 3.70. The summed E-state index contributed by atoms with van der Waals surface area (Å²) >= 11 is 1.35. The van der Waals surface area contributed by atoms with Crippen LogP contribution in [0.2, 0.25) is 0 Å². The molecule has 0 bridgehead atoms. The molecular weight excluding hydrogens is 308 g/mol.